The molecule has 0 bridgehead atoms. The maximum absolute atomic E-state index is 13.1. The smallest absolute Gasteiger partial charge is 0.335 e. The zero-order valence-corrected chi connectivity index (χ0v) is 21.5. The SMILES string of the molecule is CCCCc1ccc(O[C@@H]2OC(C(=O)O)[C@H](O)[C@H](O)C2O)c(-c2nc3ccc(CCCC)cc3c(=O)[nH]2)c1. The molecular weight excluding hydrogens is 492 g/mol. The van der Waals surface area contributed by atoms with Gasteiger partial charge in [-0.05, 0) is 61.1 Å². The number of ether oxygens (including phenoxy) is 2. The van der Waals surface area contributed by atoms with Crippen LogP contribution < -0.4 is 10.3 Å². The van der Waals surface area contributed by atoms with Crippen molar-refractivity contribution in [1.82, 2.24) is 9.97 Å². The summed E-state index contributed by atoms with van der Waals surface area (Å²) < 4.78 is 11.2. The highest BCUT2D eigenvalue weighted by Gasteiger charge is 2.48. The van der Waals surface area contributed by atoms with E-state index in [2.05, 4.69) is 23.8 Å². The Hall–Kier alpha value is -3.31. The minimum Gasteiger partial charge on any atom is -0.479 e. The molecule has 1 aliphatic rings. The zero-order valence-electron chi connectivity index (χ0n) is 21.5. The van der Waals surface area contributed by atoms with Crippen LogP contribution in [-0.4, -0.2) is 67.1 Å². The molecule has 5 atom stereocenters. The molecule has 0 saturated carbocycles. The molecule has 5 N–H and O–H groups in total. The number of hydrogen-bond donors (Lipinski definition) is 5. The monoisotopic (exact) mass is 526 g/mol. The second-order valence-corrected chi connectivity index (χ2v) is 9.66. The van der Waals surface area contributed by atoms with Crippen LogP contribution in [0.15, 0.2) is 41.2 Å². The van der Waals surface area contributed by atoms with Gasteiger partial charge in [0.1, 0.15) is 29.9 Å². The molecule has 0 amide bonds. The molecule has 1 fully saturated rings. The molecule has 3 aromatic rings. The summed E-state index contributed by atoms with van der Waals surface area (Å²) in [4.78, 5) is 32.1. The first kappa shape index (κ1) is 27.7. The third-order valence-corrected chi connectivity index (χ3v) is 6.76. The normalized spacial score (nSPS) is 23.4. The molecule has 10 nitrogen and oxygen atoms in total. The number of aliphatic carboxylic acids is 1. The maximum Gasteiger partial charge on any atom is 0.335 e. The average molecular weight is 527 g/mol. The highest BCUT2D eigenvalue weighted by Crippen LogP contribution is 2.33. The van der Waals surface area contributed by atoms with Gasteiger partial charge in [0.05, 0.1) is 16.5 Å². The minimum absolute atomic E-state index is 0.157. The summed E-state index contributed by atoms with van der Waals surface area (Å²) >= 11 is 0. The lowest BCUT2D eigenvalue weighted by atomic mass is 9.99. The van der Waals surface area contributed by atoms with Crippen LogP contribution >= 0.6 is 0 Å². The van der Waals surface area contributed by atoms with E-state index in [1.165, 1.54) is 0 Å². The van der Waals surface area contributed by atoms with Gasteiger partial charge in [0.2, 0.25) is 6.29 Å². The first-order valence-corrected chi connectivity index (χ1v) is 13.0. The fraction of sp³-hybridized carbons (Fsp3) is 0.464. The number of nitrogens with zero attached hydrogens (tertiary/aromatic N) is 1. The van der Waals surface area contributed by atoms with E-state index in [0.717, 1.165) is 49.7 Å². The third-order valence-electron chi connectivity index (χ3n) is 6.76. The van der Waals surface area contributed by atoms with Crippen LogP contribution in [0.25, 0.3) is 22.3 Å². The Labute approximate surface area is 219 Å². The Balaban J connectivity index is 1.74. The fourth-order valence-electron chi connectivity index (χ4n) is 4.53. The average Bonchev–Trinajstić information content (AvgIpc) is 2.91. The van der Waals surface area contributed by atoms with E-state index in [9.17, 15) is 30.0 Å². The molecule has 0 radical (unpaired) electrons. The number of hydrogen-bond acceptors (Lipinski definition) is 8. The van der Waals surface area contributed by atoms with E-state index in [1.54, 1.807) is 6.07 Å². The number of fused-ring (bicyclic) bond motifs is 1. The first-order valence-electron chi connectivity index (χ1n) is 13.0. The summed E-state index contributed by atoms with van der Waals surface area (Å²) in [5.41, 5.74) is 2.63. The lowest BCUT2D eigenvalue weighted by molar-refractivity contribution is -0.271. The van der Waals surface area contributed by atoms with Gasteiger partial charge >= 0.3 is 5.97 Å². The summed E-state index contributed by atoms with van der Waals surface area (Å²) in [5.74, 6) is -1.12. The van der Waals surface area contributed by atoms with Crippen LogP contribution in [0.3, 0.4) is 0 Å². The number of aromatic amines is 1. The summed E-state index contributed by atoms with van der Waals surface area (Å²) in [6.45, 7) is 4.19. The van der Waals surface area contributed by atoms with Gasteiger partial charge in [-0.3, -0.25) is 4.79 Å². The number of unbranched alkanes of at least 4 members (excludes halogenated alkanes) is 2. The highest BCUT2D eigenvalue weighted by molar-refractivity contribution is 5.81. The molecule has 10 heteroatoms. The van der Waals surface area contributed by atoms with E-state index in [4.69, 9.17) is 9.47 Å². The third kappa shape index (κ3) is 5.88. The van der Waals surface area contributed by atoms with Gasteiger partial charge < -0.3 is 34.9 Å². The van der Waals surface area contributed by atoms with E-state index >= 15 is 0 Å². The van der Waals surface area contributed by atoms with Gasteiger partial charge in [-0.15, -0.1) is 0 Å². The summed E-state index contributed by atoms with van der Waals surface area (Å²) in [7, 11) is 0. The number of aromatic nitrogens is 2. The molecule has 1 aromatic heterocycles. The number of aryl methyl sites for hydroxylation is 2. The summed E-state index contributed by atoms with van der Waals surface area (Å²) in [6.07, 6.45) is -3.12. The van der Waals surface area contributed by atoms with Crippen molar-refractivity contribution in [3.63, 3.8) is 0 Å². The number of rotatable bonds is 10. The van der Waals surface area contributed by atoms with Crippen molar-refractivity contribution < 1.29 is 34.7 Å². The number of H-pyrrole nitrogens is 1. The summed E-state index contributed by atoms with van der Waals surface area (Å²) in [5, 5.41) is 40.5. The molecule has 4 rings (SSSR count). The van der Waals surface area contributed by atoms with Crippen LogP contribution in [0.2, 0.25) is 0 Å². The number of carboxylic acids is 1. The van der Waals surface area contributed by atoms with E-state index in [1.807, 2.05) is 30.3 Å². The van der Waals surface area contributed by atoms with Crippen molar-refractivity contribution in [1.29, 1.82) is 0 Å². The highest BCUT2D eigenvalue weighted by atomic mass is 16.7. The van der Waals surface area contributed by atoms with E-state index < -0.39 is 36.7 Å². The molecular formula is C28H34N2O8. The lowest BCUT2D eigenvalue weighted by Gasteiger charge is -2.38. The molecule has 0 spiro atoms. The number of aliphatic hydroxyl groups is 3. The van der Waals surface area contributed by atoms with Crippen molar-refractivity contribution in [2.24, 2.45) is 0 Å². The van der Waals surface area contributed by atoms with Gasteiger partial charge in [-0.2, -0.15) is 0 Å². The Bertz CT molecular complexity index is 1340. The van der Waals surface area contributed by atoms with Crippen molar-refractivity contribution >= 4 is 16.9 Å². The molecule has 0 aliphatic carbocycles. The molecule has 204 valence electrons. The van der Waals surface area contributed by atoms with Gasteiger partial charge in [-0.1, -0.05) is 38.8 Å². The second kappa shape index (κ2) is 12.0. The van der Waals surface area contributed by atoms with Crippen LogP contribution in [0, 0.1) is 0 Å². The molecule has 38 heavy (non-hydrogen) atoms. The number of benzene rings is 2. The molecule has 2 aromatic carbocycles. The standard InChI is InChI=1S/C28H34N2O8/c1-3-5-7-15-9-11-19-17(13-15)26(34)30-25(29-19)18-14-16(8-6-4-2)10-12-20(18)37-28-23(33)21(31)22(32)24(38-28)27(35)36/h9-14,21-24,28,31-33H,3-8H2,1-2H3,(H,35,36)(H,29,30,34)/t21-,22+,23?,24?,28+/m0/s1. The van der Waals surface area contributed by atoms with Crippen molar-refractivity contribution in [3.05, 3.63) is 57.9 Å². The number of nitrogens with one attached hydrogen (secondary N) is 1. The Morgan fingerprint density at radius 2 is 1.63 bits per heavy atom. The van der Waals surface area contributed by atoms with Crippen molar-refractivity contribution in [2.45, 2.75) is 83.1 Å². The fourth-order valence-corrected chi connectivity index (χ4v) is 4.53. The Kier molecular flexibility index (Phi) is 8.78. The van der Waals surface area contributed by atoms with Crippen LogP contribution in [0.1, 0.15) is 50.7 Å². The van der Waals surface area contributed by atoms with E-state index in [-0.39, 0.29) is 17.1 Å². The molecule has 2 unspecified atom stereocenters. The largest absolute Gasteiger partial charge is 0.479 e. The predicted octanol–water partition coefficient (Wildman–Crippen LogP) is 2.55. The summed E-state index contributed by atoms with van der Waals surface area (Å²) in [6, 6.07) is 10.9. The zero-order chi connectivity index (χ0) is 27.4. The number of aliphatic hydroxyl groups excluding tert-OH is 3. The Morgan fingerprint density at radius 1 is 0.974 bits per heavy atom. The predicted molar refractivity (Wildman–Crippen MR) is 140 cm³/mol. The van der Waals surface area contributed by atoms with Crippen molar-refractivity contribution in [3.8, 4) is 17.1 Å². The first-order chi connectivity index (χ1) is 18.2. The quantitative estimate of drug-likeness (QED) is 0.267. The van der Waals surface area contributed by atoms with Gasteiger partial charge in [0.15, 0.2) is 6.10 Å². The molecule has 1 saturated heterocycles. The van der Waals surface area contributed by atoms with Gasteiger partial charge in [-0.25, -0.2) is 9.78 Å². The molecule has 1 aliphatic heterocycles. The lowest BCUT2D eigenvalue weighted by Crippen LogP contribution is -2.61. The van der Waals surface area contributed by atoms with Gasteiger partial charge in [0.25, 0.3) is 5.56 Å². The van der Waals surface area contributed by atoms with Gasteiger partial charge in [0, 0.05) is 0 Å². The Morgan fingerprint density at radius 3 is 2.29 bits per heavy atom. The second-order valence-electron chi connectivity index (χ2n) is 9.66. The van der Waals surface area contributed by atoms with E-state index in [0.29, 0.717) is 16.5 Å². The maximum atomic E-state index is 13.1. The molecule has 2 heterocycles. The van der Waals surface area contributed by atoms with Crippen molar-refractivity contribution in [2.75, 3.05) is 0 Å². The van der Waals surface area contributed by atoms with Crippen LogP contribution in [-0.2, 0) is 22.4 Å². The number of carbonyl (C=O) groups is 1. The topological polar surface area (TPSA) is 162 Å². The minimum atomic E-state index is -1.83. The number of carboxylic acid groups (broad SMARTS) is 1. The van der Waals surface area contributed by atoms with Crippen LogP contribution in [0.5, 0.6) is 5.75 Å². The van der Waals surface area contributed by atoms with Crippen LogP contribution in [0.4, 0.5) is 0 Å².